The maximum Gasteiger partial charge on any atom is 0.191 e. The van der Waals surface area contributed by atoms with E-state index in [2.05, 4.69) is 55.3 Å². The lowest BCUT2D eigenvalue weighted by molar-refractivity contribution is -0.00266. The first-order valence-corrected chi connectivity index (χ1v) is 11.7. The van der Waals surface area contributed by atoms with Gasteiger partial charge in [-0.2, -0.15) is 0 Å². The zero-order chi connectivity index (χ0) is 21.1. The third-order valence-corrected chi connectivity index (χ3v) is 6.83. The summed E-state index contributed by atoms with van der Waals surface area (Å²) in [6.45, 7) is 14.8. The highest BCUT2D eigenvalue weighted by molar-refractivity contribution is 5.79. The zero-order valence-electron chi connectivity index (χ0n) is 19.5. The molecule has 0 aromatic rings. The summed E-state index contributed by atoms with van der Waals surface area (Å²) >= 11 is 0. The van der Waals surface area contributed by atoms with Gasteiger partial charge in [0.1, 0.15) is 0 Å². The van der Waals surface area contributed by atoms with Crippen molar-refractivity contribution in [2.75, 3.05) is 73.2 Å². The molecule has 0 aromatic carbocycles. The topological polar surface area (TPSA) is 61.4 Å². The van der Waals surface area contributed by atoms with E-state index in [0.29, 0.717) is 12.0 Å². The zero-order valence-corrected chi connectivity index (χ0v) is 19.5. The number of likely N-dealkylation sites (N-methyl/N-ethyl adjacent to an activating group) is 1. The van der Waals surface area contributed by atoms with Crippen molar-refractivity contribution in [1.29, 1.82) is 0 Å². The third-order valence-electron chi connectivity index (χ3n) is 6.83. The van der Waals surface area contributed by atoms with Crippen molar-refractivity contribution in [3.05, 3.63) is 0 Å². The molecule has 1 atom stereocenters. The van der Waals surface area contributed by atoms with Gasteiger partial charge in [-0.15, -0.1) is 0 Å². The molecule has 0 bridgehead atoms. The van der Waals surface area contributed by atoms with Crippen LogP contribution < -0.4 is 10.6 Å². The van der Waals surface area contributed by atoms with Crippen molar-refractivity contribution in [2.45, 2.75) is 58.0 Å². The SMILES string of the molecule is CCNC(=NCC1(N(C)C)CCOCC1)NCC(C(CC)CC)N1CCOCC1. The Morgan fingerprint density at radius 2 is 1.62 bits per heavy atom. The number of hydrogen-bond donors (Lipinski definition) is 2. The first-order chi connectivity index (χ1) is 14.1. The van der Waals surface area contributed by atoms with Crippen molar-refractivity contribution in [3.8, 4) is 0 Å². The molecule has 0 spiro atoms. The van der Waals surface area contributed by atoms with Crippen molar-refractivity contribution in [3.63, 3.8) is 0 Å². The summed E-state index contributed by atoms with van der Waals surface area (Å²) in [5.41, 5.74) is 0.0968. The molecule has 0 radical (unpaired) electrons. The molecule has 7 nitrogen and oxygen atoms in total. The standard InChI is InChI=1S/C22H45N5O2/c1-6-19(7-2)20(27-11-15-29-16-12-27)17-24-21(23-8-3)25-18-22(26(4)5)9-13-28-14-10-22/h19-20H,6-18H2,1-5H3,(H2,23,24,25). The molecule has 2 fully saturated rings. The molecule has 2 N–H and O–H groups in total. The van der Waals surface area contributed by atoms with E-state index in [1.807, 2.05) is 0 Å². The fraction of sp³-hybridized carbons (Fsp3) is 0.955. The lowest BCUT2D eigenvalue weighted by atomic mass is 9.89. The van der Waals surface area contributed by atoms with Crippen LogP contribution in [0, 0.1) is 5.92 Å². The van der Waals surface area contributed by atoms with Crippen LogP contribution in [-0.2, 0) is 9.47 Å². The van der Waals surface area contributed by atoms with E-state index in [4.69, 9.17) is 14.5 Å². The van der Waals surface area contributed by atoms with Crippen molar-refractivity contribution in [1.82, 2.24) is 20.4 Å². The minimum Gasteiger partial charge on any atom is -0.381 e. The summed E-state index contributed by atoms with van der Waals surface area (Å²) in [4.78, 5) is 9.96. The van der Waals surface area contributed by atoms with Crippen LogP contribution in [0.1, 0.15) is 46.5 Å². The van der Waals surface area contributed by atoms with Crippen LogP contribution in [0.15, 0.2) is 4.99 Å². The lowest BCUT2D eigenvalue weighted by Crippen LogP contribution is -2.54. The fourth-order valence-corrected chi connectivity index (χ4v) is 4.60. The second-order valence-corrected chi connectivity index (χ2v) is 8.60. The fourth-order valence-electron chi connectivity index (χ4n) is 4.60. The third kappa shape index (κ3) is 7.09. The second kappa shape index (κ2) is 12.7. The van der Waals surface area contributed by atoms with Gasteiger partial charge in [-0.05, 0) is 39.8 Å². The van der Waals surface area contributed by atoms with Crippen molar-refractivity contribution >= 4 is 5.96 Å². The molecule has 0 amide bonds. The van der Waals surface area contributed by atoms with Crippen LogP contribution in [0.5, 0.6) is 0 Å². The largest absolute Gasteiger partial charge is 0.381 e. The van der Waals surface area contributed by atoms with E-state index in [-0.39, 0.29) is 5.54 Å². The van der Waals surface area contributed by atoms with E-state index in [1.54, 1.807) is 0 Å². The van der Waals surface area contributed by atoms with Crippen molar-refractivity contribution < 1.29 is 9.47 Å². The first kappa shape index (κ1) is 24.4. The Labute approximate surface area is 178 Å². The second-order valence-electron chi connectivity index (χ2n) is 8.60. The smallest absolute Gasteiger partial charge is 0.191 e. The highest BCUT2D eigenvalue weighted by Gasteiger charge is 2.35. The molecule has 0 aromatic heterocycles. The van der Waals surface area contributed by atoms with E-state index in [0.717, 1.165) is 78.0 Å². The molecule has 2 aliphatic heterocycles. The number of ether oxygens (including phenoxy) is 2. The summed E-state index contributed by atoms with van der Waals surface area (Å²) in [6.07, 6.45) is 4.48. The summed E-state index contributed by atoms with van der Waals surface area (Å²) in [5, 5.41) is 7.13. The predicted molar refractivity (Wildman–Crippen MR) is 121 cm³/mol. The molecule has 2 aliphatic rings. The van der Waals surface area contributed by atoms with Gasteiger partial charge in [-0.1, -0.05) is 26.7 Å². The van der Waals surface area contributed by atoms with Crippen LogP contribution in [0.25, 0.3) is 0 Å². The van der Waals surface area contributed by atoms with Gasteiger partial charge in [0.15, 0.2) is 5.96 Å². The molecule has 170 valence electrons. The number of nitrogens with one attached hydrogen (secondary N) is 2. The molecule has 0 aliphatic carbocycles. The van der Waals surface area contributed by atoms with Crippen LogP contribution in [-0.4, -0.2) is 101 Å². The molecule has 29 heavy (non-hydrogen) atoms. The van der Waals surface area contributed by atoms with Gasteiger partial charge in [-0.3, -0.25) is 9.89 Å². The van der Waals surface area contributed by atoms with Gasteiger partial charge in [0.25, 0.3) is 0 Å². The summed E-state index contributed by atoms with van der Waals surface area (Å²) in [5.74, 6) is 1.62. The van der Waals surface area contributed by atoms with Gasteiger partial charge in [0.05, 0.1) is 19.8 Å². The number of guanidine groups is 1. The molecule has 2 saturated heterocycles. The minimum atomic E-state index is 0.0968. The molecular weight excluding hydrogens is 366 g/mol. The van der Waals surface area contributed by atoms with E-state index >= 15 is 0 Å². The molecule has 7 heteroatoms. The Hall–Kier alpha value is -0.890. The van der Waals surface area contributed by atoms with Gasteiger partial charge in [0.2, 0.25) is 0 Å². The number of morpholine rings is 1. The van der Waals surface area contributed by atoms with E-state index < -0.39 is 0 Å². The lowest BCUT2D eigenvalue weighted by Gasteiger charge is -2.42. The number of rotatable bonds is 10. The van der Waals surface area contributed by atoms with E-state index in [1.165, 1.54) is 12.8 Å². The number of aliphatic imine (C=N–C) groups is 1. The van der Waals surface area contributed by atoms with Crippen molar-refractivity contribution in [2.24, 2.45) is 10.9 Å². The first-order valence-electron chi connectivity index (χ1n) is 11.7. The summed E-state index contributed by atoms with van der Waals surface area (Å²) in [7, 11) is 4.34. The maximum absolute atomic E-state index is 5.60. The quantitative estimate of drug-likeness (QED) is 0.422. The van der Waals surface area contributed by atoms with E-state index in [9.17, 15) is 0 Å². The molecule has 0 saturated carbocycles. The Kier molecular flexibility index (Phi) is 10.7. The van der Waals surface area contributed by atoms with Crippen LogP contribution >= 0.6 is 0 Å². The molecule has 1 unspecified atom stereocenters. The van der Waals surface area contributed by atoms with Gasteiger partial charge < -0.3 is 25.0 Å². The average Bonchev–Trinajstić information content (AvgIpc) is 2.76. The van der Waals surface area contributed by atoms with Crippen LogP contribution in [0.2, 0.25) is 0 Å². The monoisotopic (exact) mass is 411 g/mol. The van der Waals surface area contributed by atoms with Gasteiger partial charge in [-0.25, -0.2) is 0 Å². The minimum absolute atomic E-state index is 0.0968. The predicted octanol–water partition coefficient (Wildman–Crippen LogP) is 1.79. The maximum atomic E-state index is 5.60. The normalized spacial score (nSPS) is 22.1. The van der Waals surface area contributed by atoms with Gasteiger partial charge in [0, 0.05) is 51.0 Å². The Morgan fingerprint density at radius 1 is 1.00 bits per heavy atom. The summed E-state index contributed by atoms with van der Waals surface area (Å²) in [6, 6.07) is 0.517. The highest BCUT2D eigenvalue weighted by Crippen LogP contribution is 2.26. The Morgan fingerprint density at radius 3 is 2.17 bits per heavy atom. The number of hydrogen-bond acceptors (Lipinski definition) is 5. The molecule has 2 heterocycles. The Bertz CT molecular complexity index is 470. The van der Waals surface area contributed by atoms with Crippen LogP contribution in [0.3, 0.4) is 0 Å². The molecule has 2 rings (SSSR count). The van der Waals surface area contributed by atoms with Crippen LogP contribution in [0.4, 0.5) is 0 Å². The summed E-state index contributed by atoms with van der Waals surface area (Å²) < 4.78 is 11.2. The van der Waals surface area contributed by atoms with Gasteiger partial charge >= 0.3 is 0 Å². The number of nitrogens with zero attached hydrogens (tertiary/aromatic N) is 3. The highest BCUT2D eigenvalue weighted by atomic mass is 16.5. The average molecular weight is 412 g/mol. The Balaban J connectivity index is 2.05. The molecular formula is C22H45N5O2.